The lowest BCUT2D eigenvalue weighted by molar-refractivity contribution is -0.130. The van der Waals surface area contributed by atoms with Crippen LogP contribution in [-0.2, 0) is 17.6 Å². The molecule has 0 bridgehead atoms. The first kappa shape index (κ1) is 17.5. The van der Waals surface area contributed by atoms with E-state index in [1.165, 1.54) is 5.56 Å². The smallest absolute Gasteiger partial charge is 0.254 e. The monoisotopic (exact) mass is 365 g/mol. The number of pyridine rings is 1. The molecule has 0 N–H and O–H groups in total. The van der Waals surface area contributed by atoms with Gasteiger partial charge in [0.2, 0.25) is 5.91 Å². The number of nitrogens with zero attached hydrogens (tertiary/aromatic N) is 3. The van der Waals surface area contributed by atoms with Crippen molar-refractivity contribution in [1.82, 2.24) is 14.8 Å². The number of ether oxygens (including phenoxy) is 1. The van der Waals surface area contributed by atoms with Crippen LogP contribution in [0, 0.1) is 0 Å². The molecular formula is C21H23N3O3. The quantitative estimate of drug-likeness (QED) is 0.834. The standard InChI is InChI=1S/C21H23N3O3/c25-20(15-16-2-3-19-18(14-16)6-13-27-19)23-9-1-10-24(12-11-23)21(26)17-4-7-22-8-5-17/h2-5,7-8,14H,1,6,9-13,15H2. The maximum absolute atomic E-state index is 12.7. The van der Waals surface area contributed by atoms with Gasteiger partial charge >= 0.3 is 0 Å². The third kappa shape index (κ3) is 3.94. The van der Waals surface area contributed by atoms with E-state index in [1.54, 1.807) is 24.5 Å². The third-order valence-electron chi connectivity index (χ3n) is 5.17. The van der Waals surface area contributed by atoms with Gasteiger partial charge in [-0.25, -0.2) is 0 Å². The molecule has 3 heterocycles. The van der Waals surface area contributed by atoms with Crippen molar-refractivity contribution in [2.24, 2.45) is 0 Å². The van der Waals surface area contributed by atoms with Crippen molar-refractivity contribution < 1.29 is 14.3 Å². The van der Waals surface area contributed by atoms with Crippen molar-refractivity contribution in [3.05, 3.63) is 59.4 Å². The second-order valence-corrected chi connectivity index (χ2v) is 6.98. The molecule has 1 aromatic carbocycles. The molecule has 2 amide bonds. The van der Waals surface area contributed by atoms with E-state index in [9.17, 15) is 9.59 Å². The Kier molecular flexibility index (Phi) is 5.05. The van der Waals surface area contributed by atoms with E-state index >= 15 is 0 Å². The number of aromatic nitrogens is 1. The van der Waals surface area contributed by atoms with Crippen LogP contribution in [0.2, 0.25) is 0 Å². The summed E-state index contributed by atoms with van der Waals surface area (Å²) in [5.41, 5.74) is 2.86. The van der Waals surface area contributed by atoms with Gasteiger partial charge in [-0.1, -0.05) is 12.1 Å². The first-order valence-electron chi connectivity index (χ1n) is 9.42. The van der Waals surface area contributed by atoms with Crippen LogP contribution < -0.4 is 4.74 Å². The fourth-order valence-corrected chi connectivity index (χ4v) is 3.68. The van der Waals surface area contributed by atoms with Gasteiger partial charge in [-0.2, -0.15) is 0 Å². The molecule has 0 saturated carbocycles. The fraction of sp³-hybridized carbons (Fsp3) is 0.381. The normalized spacial score (nSPS) is 16.4. The number of amides is 2. The van der Waals surface area contributed by atoms with Crippen LogP contribution in [-0.4, -0.2) is 59.4 Å². The Morgan fingerprint density at radius 1 is 1.00 bits per heavy atom. The first-order valence-corrected chi connectivity index (χ1v) is 9.42. The Balaban J connectivity index is 1.36. The lowest BCUT2D eigenvalue weighted by Gasteiger charge is -2.22. The van der Waals surface area contributed by atoms with Gasteiger partial charge in [0, 0.05) is 50.6 Å². The minimum atomic E-state index is 0.00493. The number of carbonyl (C=O) groups is 2. The van der Waals surface area contributed by atoms with Crippen LogP contribution in [0.15, 0.2) is 42.7 Å². The Labute approximate surface area is 158 Å². The molecule has 1 aromatic heterocycles. The predicted molar refractivity (Wildman–Crippen MR) is 101 cm³/mol. The van der Waals surface area contributed by atoms with Crippen LogP contribution in [0.5, 0.6) is 5.75 Å². The number of hydrogen-bond donors (Lipinski definition) is 0. The highest BCUT2D eigenvalue weighted by Gasteiger charge is 2.23. The number of hydrogen-bond acceptors (Lipinski definition) is 4. The lowest BCUT2D eigenvalue weighted by atomic mass is 10.1. The minimum absolute atomic E-state index is 0.00493. The molecule has 6 nitrogen and oxygen atoms in total. The molecule has 0 radical (unpaired) electrons. The minimum Gasteiger partial charge on any atom is -0.493 e. The second kappa shape index (κ2) is 7.78. The Morgan fingerprint density at radius 2 is 1.78 bits per heavy atom. The summed E-state index contributed by atoms with van der Waals surface area (Å²) in [4.78, 5) is 33.0. The molecule has 1 saturated heterocycles. The molecule has 140 valence electrons. The largest absolute Gasteiger partial charge is 0.493 e. The molecule has 4 rings (SSSR count). The molecule has 6 heteroatoms. The maximum atomic E-state index is 12.7. The molecule has 2 aliphatic rings. The summed E-state index contributed by atoms with van der Waals surface area (Å²) in [5, 5.41) is 0. The van der Waals surface area contributed by atoms with Crippen LogP contribution in [0.4, 0.5) is 0 Å². The van der Waals surface area contributed by atoms with Crippen LogP contribution >= 0.6 is 0 Å². The lowest BCUT2D eigenvalue weighted by Crippen LogP contribution is -2.38. The van der Waals surface area contributed by atoms with E-state index < -0.39 is 0 Å². The molecule has 27 heavy (non-hydrogen) atoms. The zero-order chi connectivity index (χ0) is 18.6. The van der Waals surface area contributed by atoms with E-state index in [4.69, 9.17) is 4.74 Å². The number of rotatable bonds is 3. The summed E-state index contributed by atoms with van der Waals surface area (Å²) >= 11 is 0. The van der Waals surface area contributed by atoms with E-state index in [-0.39, 0.29) is 11.8 Å². The van der Waals surface area contributed by atoms with Crippen molar-refractivity contribution in [2.45, 2.75) is 19.3 Å². The Bertz CT molecular complexity index is 838. The highest BCUT2D eigenvalue weighted by molar-refractivity contribution is 5.94. The second-order valence-electron chi connectivity index (χ2n) is 6.98. The average Bonchev–Trinajstić information content (AvgIpc) is 3.02. The Hall–Kier alpha value is -2.89. The topological polar surface area (TPSA) is 62.7 Å². The zero-order valence-corrected chi connectivity index (χ0v) is 15.3. The van der Waals surface area contributed by atoms with Gasteiger partial charge in [0.25, 0.3) is 5.91 Å². The average molecular weight is 365 g/mol. The van der Waals surface area contributed by atoms with E-state index in [0.717, 1.165) is 30.8 Å². The van der Waals surface area contributed by atoms with Gasteiger partial charge < -0.3 is 14.5 Å². The number of carbonyl (C=O) groups excluding carboxylic acids is 2. The van der Waals surface area contributed by atoms with Crippen LogP contribution in [0.3, 0.4) is 0 Å². The highest BCUT2D eigenvalue weighted by atomic mass is 16.5. The van der Waals surface area contributed by atoms with Crippen LogP contribution in [0.25, 0.3) is 0 Å². The molecule has 1 fully saturated rings. The SMILES string of the molecule is O=C(Cc1ccc2c(c1)CCO2)N1CCCN(C(=O)c2ccncc2)CC1. The zero-order valence-electron chi connectivity index (χ0n) is 15.3. The van der Waals surface area contributed by atoms with Gasteiger partial charge in [-0.05, 0) is 35.7 Å². The third-order valence-corrected chi connectivity index (χ3v) is 5.17. The Morgan fingerprint density at radius 3 is 2.63 bits per heavy atom. The van der Waals surface area contributed by atoms with Crippen molar-refractivity contribution >= 4 is 11.8 Å². The van der Waals surface area contributed by atoms with Gasteiger partial charge in [0.1, 0.15) is 5.75 Å². The summed E-state index contributed by atoms with van der Waals surface area (Å²) in [6, 6.07) is 9.47. The highest BCUT2D eigenvalue weighted by Crippen LogP contribution is 2.26. The van der Waals surface area contributed by atoms with Crippen molar-refractivity contribution in [1.29, 1.82) is 0 Å². The maximum Gasteiger partial charge on any atom is 0.254 e. The van der Waals surface area contributed by atoms with Gasteiger partial charge in [0.05, 0.1) is 13.0 Å². The van der Waals surface area contributed by atoms with E-state index in [1.807, 2.05) is 21.9 Å². The predicted octanol–water partition coefficient (Wildman–Crippen LogP) is 1.93. The number of fused-ring (bicyclic) bond motifs is 1. The molecule has 0 atom stereocenters. The summed E-state index contributed by atoms with van der Waals surface area (Å²) < 4.78 is 5.53. The molecule has 0 spiro atoms. The summed E-state index contributed by atoms with van der Waals surface area (Å²) in [6.45, 7) is 3.21. The van der Waals surface area contributed by atoms with Crippen molar-refractivity contribution in [3.8, 4) is 5.75 Å². The molecule has 0 aliphatic carbocycles. The molecular weight excluding hydrogens is 342 g/mol. The fourth-order valence-electron chi connectivity index (χ4n) is 3.68. The first-order chi connectivity index (χ1) is 13.2. The van der Waals surface area contributed by atoms with Crippen molar-refractivity contribution in [2.75, 3.05) is 32.8 Å². The van der Waals surface area contributed by atoms with E-state index in [2.05, 4.69) is 11.1 Å². The summed E-state index contributed by atoms with van der Waals surface area (Å²) in [7, 11) is 0. The summed E-state index contributed by atoms with van der Waals surface area (Å²) in [5.74, 6) is 1.06. The van der Waals surface area contributed by atoms with E-state index in [0.29, 0.717) is 38.2 Å². The molecule has 0 unspecified atom stereocenters. The van der Waals surface area contributed by atoms with Gasteiger partial charge in [0.15, 0.2) is 0 Å². The molecule has 2 aromatic rings. The van der Waals surface area contributed by atoms with Gasteiger partial charge in [-0.15, -0.1) is 0 Å². The number of benzene rings is 1. The molecule has 2 aliphatic heterocycles. The van der Waals surface area contributed by atoms with Crippen LogP contribution in [0.1, 0.15) is 27.9 Å². The van der Waals surface area contributed by atoms with Gasteiger partial charge in [-0.3, -0.25) is 14.6 Å². The summed E-state index contributed by atoms with van der Waals surface area (Å²) in [6.07, 6.45) is 5.35. The van der Waals surface area contributed by atoms with Crippen molar-refractivity contribution in [3.63, 3.8) is 0 Å².